The van der Waals surface area contributed by atoms with Crippen LogP contribution < -0.4 is 27.4 Å². The van der Waals surface area contributed by atoms with Gasteiger partial charge in [-0.2, -0.15) is 0 Å². The first kappa shape index (κ1) is 29.0. The van der Waals surface area contributed by atoms with Crippen LogP contribution in [0, 0.1) is 5.92 Å². The summed E-state index contributed by atoms with van der Waals surface area (Å²) in [5.74, 6) is -3.52. The van der Waals surface area contributed by atoms with Gasteiger partial charge in [0.1, 0.15) is 24.2 Å². The molecule has 11 heteroatoms. The van der Waals surface area contributed by atoms with Crippen molar-refractivity contribution >= 4 is 23.7 Å². The number of unbranched alkanes of at least 4 members (excludes halogenated alkanes) is 1. The van der Waals surface area contributed by atoms with Crippen LogP contribution in [0.2, 0.25) is 0 Å². The number of aliphatic hydroxyl groups is 1. The van der Waals surface area contributed by atoms with Crippen molar-refractivity contribution in [2.75, 3.05) is 13.2 Å². The summed E-state index contributed by atoms with van der Waals surface area (Å²) in [6, 6.07) is 4.46. The fourth-order valence-electron chi connectivity index (χ4n) is 3.22. The first-order valence-corrected chi connectivity index (χ1v) is 11.3. The van der Waals surface area contributed by atoms with Crippen LogP contribution >= 0.6 is 0 Å². The van der Waals surface area contributed by atoms with Gasteiger partial charge in [-0.05, 0) is 37.3 Å². The average Bonchev–Trinajstić information content (AvgIpc) is 2.80. The number of rotatable bonds is 15. The number of aliphatic hydroxyl groups excluding tert-OH is 1. The average molecular weight is 480 g/mol. The van der Waals surface area contributed by atoms with E-state index in [-0.39, 0.29) is 18.8 Å². The SMILES string of the molecule is CC(C)C(NC(=O)C(CCCCN)NC(=O)C(N)CO)C(=O)NC(Cc1ccccc1)C(=O)O. The Bertz CT molecular complexity index is 804. The Kier molecular flexibility index (Phi) is 12.8. The third-order valence-electron chi connectivity index (χ3n) is 5.26. The fourth-order valence-corrected chi connectivity index (χ4v) is 3.22. The summed E-state index contributed by atoms with van der Waals surface area (Å²) in [4.78, 5) is 49.8. The maximum absolute atomic E-state index is 13.0. The van der Waals surface area contributed by atoms with E-state index in [1.807, 2.05) is 0 Å². The number of benzene rings is 1. The third kappa shape index (κ3) is 9.86. The van der Waals surface area contributed by atoms with Crippen molar-refractivity contribution in [1.29, 1.82) is 0 Å². The molecule has 0 bridgehead atoms. The second-order valence-corrected chi connectivity index (χ2v) is 8.45. The molecule has 0 aliphatic carbocycles. The van der Waals surface area contributed by atoms with E-state index in [0.29, 0.717) is 19.4 Å². The Hall–Kier alpha value is -3.02. The molecule has 0 heterocycles. The molecule has 0 aromatic heterocycles. The van der Waals surface area contributed by atoms with Crippen molar-refractivity contribution in [3.05, 3.63) is 35.9 Å². The molecule has 0 radical (unpaired) electrons. The van der Waals surface area contributed by atoms with Gasteiger partial charge < -0.3 is 37.6 Å². The van der Waals surface area contributed by atoms with Crippen LogP contribution in [0.25, 0.3) is 0 Å². The minimum Gasteiger partial charge on any atom is -0.480 e. The number of aliphatic carboxylic acids is 1. The lowest BCUT2D eigenvalue weighted by Crippen LogP contribution is -2.58. The van der Waals surface area contributed by atoms with Crippen molar-refractivity contribution in [1.82, 2.24) is 16.0 Å². The Balaban J connectivity index is 2.93. The summed E-state index contributed by atoms with van der Waals surface area (Å²) in [5.41, 5.74) is 11.8. The predicted molar refractivity (Wildman–Crippen MR) is 126 cm³/mol. The van der Waals surface area contributed by atoms with Gasteiger partial charge >= 0.3 is 5.97 Å². The van der Waals surface area contributed by atoms with Gasteiger partial charge in [-0.3, -0.25) is 14.4 Å². The third-order valence-corrected chi connectivity index (χ3v) is 5.26. The minimum atomic E-state index is -1.20. The molecule has 1 rings (SSSR count). The lowest BCUT2D eigenvalue weighted by molar-refractivity contribution is -0.142. The number of carbonyl (C=O) groups excluding carboxylic acids is 3. The normalized spacial score (nSPS) is 14.5. The largest absolute Gasteiger partial charge is 0.480 e. The Labute approximate surface area is 199 Å². The molecular formula is C23H37N5O6. The second kappa shape index (κ2) is 15.0. The van der Waals surface area contributed by atoms with E-state index < -0.39 is 54.5 Å². The monoisotopic (exact) mass is 479 g/mol. The van der Waals surface area contributed by atoms with Crippen LogP contribution in [0.4, 0.5) is 0 Å². The molecule has 3 amide bonds. The zero-order valence-corrected chi connectivity index (χ0v) is 19.7. The highest BCUT2D eigenvalue weighted by Gasteiger charge is 2.31. The molecule has 9 N–H and O–H groups in total. The standard InChI is InChI=1S/C23H37N5O6/c1-14(2)19(22(32)27-18(23(33)34)12-15-8-4-3-5-9-15)28-21(31)17(10-6-7-11-24)26-20(30)16(25)13-29/h3-5,8-9,14,16-19,29H,6-7,10-13,24-25H2,1-2H3,(H,26,30)(H,27,32)(H,28,31)(H,33,34). The zero-order valence-electron chi connectivity index (χ0n) is 19.7. The molecular weight excluding hydrogens is 442 g/mol. The molecule has 0 saturated carbocycles. The molecule has 190 valence electrons. The topological polar surface area (TPSA) is 197 Å². The van der Waals surface area contributed by atoms with E-state index in [4.69, 9.17) is 16.6 Å². The van der Waals surface area contributed by atoms with E-state index in [0.717, 1.165) is 5.56 Å². The zero-order chi connectivity index (χ0) is 25.7. The summed E-state index contributed by atoms with van der Waals surface area (Å²) in [7, 11) is 0. The van der Waals surface area contributed by atoms with Crippen molar-refractivity contribution < 1.29 is 29.4 Å². The number of amides is 3. The molecule has 4 atom stereocenters. The van der Waals surface area contributed by atoms with E-state index in [1.165, 1.54) is 0 Å². The van der Waals surface area contributed by atoms with Crippen LogP contribution in [0.15, 0.2) is 30.3 Å². The van der Waals surface area contributed by atoms with Crippen molar-refractivity contribution in [3.8, 4) is 0 Å². The number of nitrogens with one attached hydrogen (secondary N) is 3. The van der Waals surface area contributed by atoms with Gasteiger partial charge in [0.25, 0.3) is 0 Å². The maximum Gasteiger partial charge on any atom is 0.326 e. The number of carboxylic acids is 1. The van der Waals surface area contributed by atoms with Crippen LogP contribution in [0.1, 0.15) is 38.7 Å². The highest BCUT2D eigenvalue weighted by molar-refractivity contribution is 5.94. The summed E-state index contributed by atoms with van der Waals surface area (Å²) in [6.45, 7) is 3.24. The maximum atomic E-state index is 13.0. The van der Waals surface area contributed by atoms with Gasteiger partial charge in [-0.25, -0.2) is 4.79 Å². The highest BCUT2D eigenvalue weighted by Crippen LogP contribution is 2.09. The molecule has 1 aromatic carbocycles. The minimum absolute atomic E-state index is 0.0808. The van der Waals surface area contributed by atoms with E-state index >= 15 is 0 Å². The van der Waals surface area contributed by atoms with Crippen LogP contribution in [-0.2, 0) is 25.6 Å². The predicted octanol–water partition coefficient (Wildman–Crippen LogP) is -1.13. The summed E-state index contributed by atoms with van der Waals surface area (Å²) in [6.07, 6.45) is 1.50. The van der Waals surface area contributed by atoms with Gasteiger partial charge in [0.05, 0.1) is 6.61 Å². The first-order valence-electron chi connectivity index (χ1n) is 11.3. The van der Waals surface area contributed by atoms with E-state index in [9.17, 15) is 24.3 Å². The van der Waals surface area contributed by atoms with Crippen molar-refractivity contribution in [2.45, 2.75) is 63.7 Å². The molecule has 11 nitrogen and oxygen atoms in total. The number of hydrogen-bond acceptors (Lipinski definition) is 7. The molecule has 0 saturated heterocycles. The van der Waals surface area contributed by atoms with Gasteiger partial charge in [0.15, 0.2) is 0 Å². The van der Waals surface area contributed by atoms with Gasteiger partial charge in [0, 0.05) is 6.42 Å². The number of hydrogen-bond donors (Lipinski definition) is 7. The summed E-state index contributed by atoms with van der Waals surface area (Å²) >= 11 is 0. The number of carbonyl (C=O) groups is 4. The molecule has 34 heavy (non-hydrogen) atoms. The van der Waals surface area contributed by atoms with Gasteiger partial charge in [0.2, 0.25) is 17.7 Å². The molecule has 0 aliphatic rings. The smallest absolute Gasteiger partial charge is 0.326 e. The number of nitrogens with two attached hydrogens (primary N) is 2. The Morgan fingerprint density at radius 3 is 2.06 bits per heavy atom. The highest BCUT2D eigenvalue weighted by atomic mass is 16.4. The van der Waals surface area contributed by atoms with Gasteiger partial charge in [-0.15, -0.1) is 0 Å². The summed E-state index contributed by atoms with van der Waals surface area (Å²) in [5, 5.41) is 26.3. The lowest BCUT2D eigenvalue weighted by Gasteiger charge is -2.27. The Morgan fingerprint density at radius 2 is 1.53 bits per heavy atom. The van der Waals surface area contributed by atoms with Crippen molar-refractivity contribution in [2.24, 2.45) is 17.4 Å². The lowest BCUT2D eigenvalue weighted by atomic mass is 10.00. The molecule has 1 aromatic rings. The molecule has 4 unspecified atom stereocenters. The Morgan fingerprint density at radius 1 is 0.912 bits per heavy atom. The van der Waals surface area contributed by atoms with Gasteiger partial charge in [-0.1, -0.05) is 44.2 Å². The second-order valence-electron chi connectivity index (χ2n) is 8.45. The first-order chi connectivity index (χ1) is 16.1. The molecule has 0 aliphatic heterocycles. The van der Waals surface area contributed by atoms with Crippen molar-refractivity contribution in [3.63, 3.8) is 0 Å². The fraction of sp³-hybridized carbons (Fsp3) is 0.565. The molecule has 0 spiro atoms. The van der Waals surface area contributed by atoms with E-state index in [1.54, 1.807) is 44.2 Å². The van der Waals surface area contributed by atoms with Crippen LogP contribution in [0.3, 0.4) is 0 Å². The quantitative estimate of drug-likeness (QED) is 0.153. The van der Waals surface area contributed by atoms with Crippen LogP contribution in [0.5, 0.6) is 0 Å². The summed E-state index contributed by atoms with van der Waals surface area (Å²) < 4.78 is 0. The van der Waals surface area contributed by atoms with E-state index in [2.05, 4.69) is 16.0 Å². The van der Waals surface area contributed by atoms with Crippen LogP contribution in [-0.4, -0.2) is 71.2 Å². The molecule has 0 fully saturated rings. The number of carboxylic acid groups (broad SMARTS) is 1.